The van der Waals surface area contributed by atoms with Crippen molar-refractivity contribution in [1.29, 1.82) is 0 Å². The van der Waals surface area contributed by atoms with Crippen molar-refractivity contribution in [3.8, 4) is 0 Å². The summed E-state index contributed by atoms with van der Waals surface area (Å²) in [4.78, 5) is 10.4. The van der Waals surface area contributed by atoms with E-state index in [9.17, 15) is 14.5 Å². The summed E-state index contributed by atoms with van der Waals surface area (Å²) in [7, 11) is 0. The van der Waals surface area contributed by atoms with E-state index in [2.05, 4.69) is 11.6 Å². The molecule has 1 N–H and O–H groups in total. The molecule has 0 bridgehead atoms. The van der Waals surface area contributed by atoms with Gasteiger partial charge in [-0.05, 0) is 38.0 Å². The van der Waals surface area contributed by atoms with E-state index in [1.54, 1.807) is 0 Å². The highest BCUT2D eigenvalue weighted by Gasteiger charge is 2.24. The summed E-state index contributed by atoms with van der Waals surface area (Å²) in [6.45, 7) is 0. The van der Waals surface area contributed by atoms with Gasteiger partial charge in [-0.15, -0.1) is 0 Å². The number of benzene rings is 1. The van der Waals surface area contributed by atoms with E-state index >= 15 is 0 Å². The monoisotopic (exact) mass is 318 g/mol. The maximum Gasteiger partial charge on any atom is 0.295 e. The maximum absolute atomic E-state index is 13.3. The van der Waals surface area contributed by atoms with Gasteiger partial charge in [-0.3, -0.25) is 10.1 Å². The first-order valence-electron chi connectivity index (χ1n) is 6.44. The first-order valence-corrected chi connectivity index (χ1v) is 8.10. The third-order valence-corrected chi connectivity index (χ3v) is 5.03. The van der Waals surface area contributed by atoms with Crippen LogP contribution in [-0.2, 0) is 0 Å². The number of hydrogen-bond donors (Lipinski definition) is 1. The average molecular weight is 319 g/mol. The van der Waals surface area contributed by atoms with Gasteiger partial charge in [0.25, 0.3) is 5.69 Å². The zero-order valence-electron chi connectivity index (χ0n) is 11.1. The van der Waals surface area contributed by atoms with E-state index in [4.69, 9.17) is 11.6 Å². The molecule has 1 aromatic carbocycles. The second-order valence-electron chi connectivity index (χ2n) is 4.89. The molecule has 7 heteroatoms. The van der Waals surface area contributed by atoms with E-state index in [1.165, 1.54) is 6.07 Å². The van der Waals surface area contributed by atoms with E-state index in [1.807, 2.05) is 11.8 Å². The molecule has 1 fully saturated rings. The van der Waals surface area contributed by atoms with Gasteiger partial charge in [0.1, 0.15) is 11.5 Å². The van der Waals surface area contributed by atoms with Crippen molar-refractivity contribution < 1.29 is 9.31 Å². The van der Waals surface area contributed by atoms with Crippen molar-refractivity contribution in [1.82, 2.24) is 0 Å². The summed E-state index contributed by atoms with van der Waals surface area (Å²) in [5.41, 5.74) is 0.0351. The van der Waals surface area contributed by atoms with Crippen LogP contribution in [0.1, 0.15) is 25.7 Å². The Morgan fingerprint density at radius 1 is 1.40 bits per heavy atom. The molecular formula is C13H16ClFN2O2S. The molecule has 20 heavy (non-hydrogen) atoms. The molecule has 0 aromatic heterocycles. The van der Waals surface area contributed by atoms with Gasteiger partial charge in [-0.25, -0.2) is 4.39 Å². The molecule has 0 radical (unpaired) electrons. The van der Waals surface area contributed by atoms with Gasteiger partial charge in [-0.2, -0.15) is 11.8 Å². The Bertz CT molecular complexity index is 507. The standard InChI is InChI=1S/C13H16ClFN2O2S/c1-20-9-4-2-8(3-5-9)16-12-6-10(14)11(15)7-13(12)17(18)19/h6-9,16H,2-5H2,1H3. The summed E-state index contributed by atoms with van der Waals surface area (Å²) in [6, 6.07) is 2.35. The van der Waals surface area contributed by atoms with Crippen LogP contribution in [0.15, 0.2) is 12.1 Å². The van der Waals surface area contributed by atoms with Crippen molar-refractivity contribution >= 4 is 34.7 Å². The van der Waals surface area contributed by atoms with Gasteiger partial charge in [0.05, 0.1) is 16.0 Å². The Hall–Kier alpha value is -1.01. The van der Waals surface area contributed by atoms with Gasteiger partial charge in [0.15, 0.2) is 0 Å². The second kappa shape index (κ2) is 6.63. The fraction of sp³-hybridized carbons (Fsp3) is 0.538. The lowest BCUT2D eigenvalue weighted by Crippen LogP contribution is -2.27. The summed E-state index contributed by atoms with van der Waals surface area (Å²) in [6.07, 6.45) is 6.18. The first kappa shape index (κ1) is 15.4. The number of rotatable bonds is 4. The molecule has 4 nitrogen and oxygen atoms in total. The lowest BCUT2D eigenvalue weighted by atomic mass is 9.94. The SMILES string of the molecule is CSC1CCC(Nc2cc(Cl)c(F)cc2[N+](=O)[O-])CC1. The van der Waals surface area contributed by atoms with Crippen LogP contribution in [0.3, 0.4) is 0 Å². The van der Waals surface area contributed by atoms with Gasteiger partial charge in [0, 0.05) is 11.3 Å². The Labute approximate surface area is 126 Å². The maximum atomic E-state index is 13.3. The van der Waals surface area contributed by atoms with Crippen molar-refractivity contribution in [2.45, 2.75) is 37.0 Å². The lowest BCUT2D eigenvalue weighted by Gasteiger charge is -2.28. The molecule has 1 saturated carbocycles. The Morgan fingerprint density at radius 2 is 2.05 bits per heavy atom. The van der Waals surface area contributed by atoms with Crippen LogP contribution >= 0.6 is 23.4 Å². The van der Waals surface area contributed by atoms with Gasteiger partial charge < -0.3 is 5.32 Å². The molecular weight excluding hydrogens is 303 g/mol. The Morgan fingerprint density at radius 3 is 2.60 bits per heavy atom. The Balaban J connectivity index is 2.13. The average Bonchev–Trinajstić information content (AvgIpc) is 2.43. The zero-order valence-corrected chi connectivity index (χ0v) is 12.6. The van der Waals surface area contributed by atoms with Gasteiger partial charge in [0.2, 0.25) is 0 Å². The third kappa shape index (κ3) is 3.55. The summed E-state index contributed by atoms with van der Waals surface area (Å²) < 4.78 is 13.3. The number of nitrogens with one attached hydrogen (secondary N) is 1. The predicted octanol–water partition coefficient (Wildman–Crippen LogP) is 4.47. The third-order valence-electron chi connectivity index (χ3n) is 3.60. The molecule has 1 aliphatic rings. The van der Waals surface area contributed by atoms with Crippen molar-refractivity contribution in [2.75, 3.05) is 11.6 Å². The first-order chi connectivity index (χ1) is 9.51. The molecule has 0 saturated heterocycles. The molecule has 1 aliphatic carbocycles. The van der Waals surface area contributed by atoms with Crippen LogP contribution in [-0.4, -0.2) is 22.5 Å². The fourth-order valence-electron chi connectivity index (χ4n) is 2.47. The van der Waals surface area contributed by atoms with Crippen LogP contribution in [0.2, 0.25) is 5.02 Å². The Kier molecular flexibility index (Phi) is 5.10. The molecule has 0 heterocycles. The van der Waals surface area contributed by atoms with E-state index in [0.717, 1.165) is 31.7 Å². The fourth-order valence-corrected chi connectivity index (χ4v) is 3.37. The summed E-state index contributed by atoms with van der Waals surface area (Å²) in [5.74, 6) is -0.769. The quantitative estimate of drug-likeness (QED) is 0.657. The highest BCUT2D eigenvalue weighted by molar-refractivity contribution is 7.99. The van der Waals surface area contributed by atoms with Gasteiger partial charge in [-0.1, -0.05) is 11.6 Å². The minimum Gasteiger partial charge on any atom is -0.377 e. The minimum atomic E-state index is -0.769. The number of thioether (sulfide) groups is 1. The molecule has 0 aliphatic heterocycles. The molecule has 2 rings (SSSR count). The van der Waals surface area contributed by atoms with Crippen LogP contribution in [0, 0.1) is 15.9 Å². The molecule has 0 spiro atoms. The highest BCUT2D eigenvalue weighted by atomic mass is 35.5. The predicted molar refractivity (Wildman–Crippen MR) is 81.2 cm³/mol. The van der Waals surface area contributed by atoms with Crippen LogP contribution < -0.4 is 5.32 Å². The topological polar surface area (TPSA) is 55.2 Å². The smallest absolute Gasteiger partial charge is 0.295 e. The number of hydrogen-bond acceptors (Lipinski definition) is 4. The number of nitro groups is 1. The van der Waals surface area contributed by atoms with Crippen LogP contribution in [0.5, 0.6) is 0 Å². The van der Waals surface area contributed by atoms with Crippen LogP contribution in [0.4, 0.5) is 15.8 Å². The summed E-state index contributed by atoms with van der Waals surface area (Å²) in [5, 5.41) is 14.7. The molecule has 110 valence electrons. The van der Waals surface area contributed by atoms with E-state index in [0.29, 0.717) is 10.9 Å². The lowest BCUT2D eigenvalue weighted by molar-refractivity contribution is -0.384. The molecule has 0 unspecified atom stereocenters. The number of halogens is 2. The van der Waals surface area contributed by atoms with Crippen molar-refractivity contribution in [2.24, 2.45) is 0 Å². The minimum absolute atomic E-state index is 0.101. The van der Waals surface area contributed by atoms with Crippen LogP contribution in [0.25, 0.3) is 0 Å². The van der Waals surface area contributed by atoms with Crippen molar-refractivity contribution in [3.63, 3.8) is 0 Å². The van der Waals surface area contributed by atoms with E-state index in [-0.39, 0.29) is 16.8 Å². The molecule has 1 aromatic rings. The van der Waals surface area contributed by atoms with Gasteiger partial charge >= 0.3 is 0 Å². The molecule has 0 amide bonds. The number of nitrogens with zero attached hydrogens (tertiary/aromatic N) is 1. The zero-order chi connectivity index (χ0) is 14.7. The second-order valence-corrected chi connectivity index (χ2v) is 6.44. The normalized spacial score (nSPS) is 22.6. The van der Waals surface area contributed by atoms with Crippen molar-refractivity contribution in [3.05, 3.63) is 33.1 Å². The number of nitro benzene ring substituents is 1. The van der Waals surface area contributed by atoms with E-state index < -0.39 is 10.7 Å². The summed E-state index contributed by atoms with van der Waals surface area (Å²) >= 11 is 7.57. The highest BCUT2D eigenvalue weighted by Crippen LogP contribution is 2.34. The number of anilines is 1. The largest absolute Gasteiger partial charge is 0.377 e. The molecule has 0 atom stereocenters.